The summed E-state index contributed by atoms with van der Waals surface area (Å²) in [5, 5.41) is 0. The highest BCUT2D eigenvalue weighted by Crippen LogP contribution is 2.22. The molecule has 1 aromatic rings. The van der Waals surface area contributed by atoms with Crippen LogP contribution in [0.4, 0.5) is 0 Å². The summed E-state index contributed by atoms with van der Waals surface area (Å²) >= 11 is 0. The summed E-state index contributed by atoms with van der Waals surface area (Å²) in [4.78, 5) is 0. The topological polar surface area (TPSA) is 26.3 Å². The second-order valence-corrected chi connectivity index (χ2v) is 2.70. The third kappa shape index (κ3) is 1.78. The van der Waals surface area contributed by atoms with Crippen LogP contribution in [0.15, 0.2) is 18.2 Å². The van der Waals surface area contributed by atoms with Gasteiger partial charge in [-0.3, -0.25) is 0 Å². The van der Waals surface area contributed by atoms with Gasteiger partial charge >= 0.3 is 8.69 Å². The van der Waals surface area contributed by atoms with E-state index < -0.39 is 0 Å². The number of aryl methyl sites for hydroxylation is 1. The Labute approximate surface area is 67.5 Å². The average Bonchev–Trinajstić information content (AvgIpc) is 1.99. The molecule has 0 amide bonds. The van der Waals surface area contributed by atoms with Crippen LogP contribution in [-0.2, 0) is 4.57 Å². The van der Waals surface area contributed by atoms with Gasteiger partial charge in [-0.05, 0) is 31.0 Å². The van der Waals surface area contributed by atoms with Gasteiger partial charge in [0.25, 0.3) is 0 Å². The Morgan fingerprint density at radius 2 is 2.09 bits per heavy atom. The lowest BCUT2D eigenvalue weighted by atomic mass is 10.1. The lowest BCUT2D eigenvalue weighted by Crippen LogP contribution is -1.84. The SMILES string of the molecule is Cc1cccc(OP=O)c1C. The van der Waals surface area contributed by atoms with Crippen molar-refractivity contribution in [3.63, 3.8) is 0 Å². The first-order chi connectivity index (χ1) is 5.25. The molecule has 0 bridgehead atoms. The fourth-order valence-corrected chi connectivity index (χ4v) is 1.14. The first-order valence-corrected chi connectivity index (χ1v) is 4.04. The van der Waals surface area contributed by atoms with E-state index in [1.165, 1.54) is 0 Å². The molecule has 0 heterocycles. The number of hydrogen-bond acceptors (Lipinski definition) is 2. The molecule has 0 unspecified atom stereocenters. The van der Waals surface area contributed by atoms with E-state index in [1.54, 1.807) is 6.07 Å². The van der Waals surface area contributed by atoms with Gasteiger partial charge in [0, 0.05) is 0 Å². The van der Waals surface area contributed by atoms with Crippen molar-refractivity contribution >= 4 is 8.69 Å². The number of benzene rings is 1. The van der Waals surface area contributed by atoms with Crippen LogP contribution in [0.25, 0.3) is 0 Å². The highest BCUT2D eigenvalue weighted by atomic mass is 31.1. The van der Waals surface area contributed by atoms with Gasteiger partial charge in [-0.25, -0.2) is 4.57 Å². The first kappa shape index (κ1) is 8.22. The van der Waals surface area contributed by atoms with Crippen LogP contribution in [0.2, 0.25) is 0 Å². The maximum Gasteiger partial charge on any atom is 0.395 e. The van der Waals surface area contributed by atoms with Crippen molar-refractivity contribution < 1.29 is 9.09 Å². The maximum atomic E-state index is 10.1. The van der Waals surface area contributed by atoms with Gasteiger partial charge < -0.3 is 4.52 Å². The second kappa shape index (κ2) is 3.49. The van der Waals surface area contributed by atoms with Crippen LogP contribution in [0, 0.1) is 13.8 Å². The van der Waals surface area contributed by atoms with E-state index >= 15 is 0 Å². The molecule has 0 aliphatic rings. The largest absolute Gasteiger partial charge is 0.407 e. The fraction of sp³-hybridized carbons (Fsp3) is 0.250. The fourth-order valence-electron chi connectivity index (χ4n) is 0.863. The van der Waals surface area contributed by atoms with E-state index in [0.29, 0.717) is 5.75 Å². The number of rotatable bonds is 2. The molecule has 0 spiro atoms. The van der Waals surface area contributed by atoms with Crippen molar-refractivity contribution in [2.24, 2.45) is 0 Å². The second-order valence-electron chi connectivity index (χ2n) is 2.36. The van der Waals surface area contributed by atoms with Crippen LogP contribution in [0.1, 0.15) is 11.1 Å². The summed E-state index contributed by atoms with van der Waals surface area (Å²) in [6, 6.07) is 5.67. The van der Waals surface area contributed by atoms with Gasteiger partial charge in [-0.2, -0.15) is 0 Å². The smallest absolute Gasteiger partial charge is 0.395 e. The van der Waals surface area contributed by atoms with Crippen LogP contribution in [-0.4, -0.2) is 0 Å². The standard InChI is InChI=1S/C8H9O2P/c1-6-4-3-5-8(7(6)2)10-11-9/h3-5H,1-2H3. The third-order valence-electron chi connectivity index (χ3n) is 1.69. The molecule has 1 aromatic carbocycles. The molecule has 11 heavy (non-hydrogen) atoms. The minimum atomic E-state index is -0.297. The molecule has 58 valence electrons. The monoisotopic (exact) mass is 168 g/mol. The van der Waals surface area contributed by atoms with Crippen LogP contribution >= 0.6 is 8.69 Å². The molecule has 0 saturated heterocycles. The molecule has 2 nitrogen and oxygen atoms in total. The van der Waals surface area contributed by atoms with E-state index in [1.807, 2.05) is 26.0 Å². The van der Waals surface area contributed by atoms with Crippen molar-refractivity contribution in [2.75, 3.05) is 0 Å². The normalized spacial score (nSPS) is 10.0. The lowest BCUT2D eigenvalue weighted by molar-refractivity contribution is 0.523. The van der Waals surface area contributed by atoms with Crippen LogP contribution in [0.5, 0.6) is 5.75 Å². The molecular formula is C8H9O2P. The Hall–Kier alpha value is -0.880. The summed E-state index contributed by atoms with van der Waals surface area (Å²) in [7, 11) is -0.297. The molecule has 0 N–H and O–H groups in total. The quantitative estimate of drug-likeness (QED) is 0.634. The molecule has 0 atom stereocenters. The Kier molecular flexibility index (Phi) is 2.61. The molecule has 0 fully saturated rings. The van der Waals surface area contributed by atoms with Crippen molar-refractivity contribution in [1.29, 1.82) is 0 Å². The van der Waals surface area contributed by atoms with Crippen LogP contribution in [0.3, 0.4) is 0 Å². The molecule has 0 saturated carbocycles. The zero-order chi connectivity index (χ0) is 8.27. The average molecular weight is 168 g/mol. The molecule has 0 aromatic heterocycles. The Bertz CT molecular complexity index is 271. The van der Waals surface area contributed by atoms with Gasteiger partial charge in [0.1, 0.15) is 5.75 Å². The predicted octanol–water partition coefficient (Wildman–Crippen LogP) is 2.89. The van der Waals surface area contributed by atoms with Gasteiger partial charge in [0.15, 0.2) is 0 Å². The lowest BCUT2D eigenvalue weighted by Gasteiger charge is -2.03. The van der Waals surface area contributed by atoms with Gasteiger partial charge in [0.05, 0.1) is 0 Å². The minimum absolute atomic E-state index is 0.297. The first-order valence-electron chi connectivity index (χ1n) is 3.31. The van der Waals surface area contributed by atoms with Crippen molar-refractivity contribution in [1.82, 2.24) is 0 Å². The molecular weight excluding hydrogens is 159 g/mol. The summed E-state index contributed by atoms with van der Waals surface area (Å²) in [6.45, 7) is 3.93. The highest BCUT2D eigenvalue weighted by molar-refractivity contribution is 7.17. The van der Waals surface area contributed by atoms with E-state index in [9.17, 15) is 4.57 Å². The van der Waals surface area contributed by atoms with E-state index in [2.05, 4.69) is 0 Å². The summed E-state index contributed by atoms with van der Waals surface area (Å²) in [5.41, 5.74) is 2.18. The van der Waals surface area contributed by atoms with Gasteiger partial charge in [0.2, 0.25) is 0 Å². The Morgan fingerprint density at radius 1 is 1.36 bits per heavy atom. The third-order valence-corrected chi connectivity index (χ3v) is 1.96. The minimum Gasteiger partial charge on any atom is -0.407 e. The highest BCUT2D eigenvalue weighted by Gasteiger charge is 1.99. The molecule has 1 rings (SSSR count). The zero-order valence-corrected chi connectivity index (χ0v) is 7.39. The molecule has 0 aliphatic carbocycles. The summed E-state index contributed by atoms with van der Waals surface area (Å²) in [6.07, 6.45) is 0. The van der Waals surface area contributed by atoms with Crippen molar-refractivity contribution in [2.45, 2.75) is 13.8 Å². The van der Waals surface area contributed by atoms with Gasteiger partial charge in [-0.1, -0.05) is 12.1 Å². The van der Waals surface area contributed by atoms with Crippen molar-refractivity contribution in [3.05, 3.63) is 29.3 Å². The maximum absolute atomic E-state index is 10.1. The predicted molar refractivity (Wildman–Crippen MR) is 44.2 cm³/mol. The zero-order valence-electron chi connectivity index (χ0n) is 6.50. The summed E-state index contributed by atoms with van der Waals surface area (Å²) < 4.78 is 14.9. The Balaban J connectivity index is 3.05. The van der Waals surface area contributed by atoms with Crippen molar-refractivity contribution in [3.8, 4) is 5.75 Å². The van der Waals surface area contributed by atoms with E-state index in [0.717, 1.165) is 11.1 Å². The Morgan fingerprint density at radius 3 is 2.73 bits per heavy atom. The van der Waals surface area contributed by atoms with E-state index in [-0.39, 0.29) is 8.69 Å². The van der Waals surface area contributed by atoms with E-state index in [4.69, 9.17) is 4.52 Å². The van der Waals surface area contributed by atoms with Gasteiger partial charge in [-0.15, -0.1) is 0 Å². The molecule has 0 radical (unpaired) electrons. The number of hydrogen-bond donors (Lipinski definition) is 0. The summed E-state index contributed by atoms with van der Waals surface area (Å²) in [5.74, 6) is 0.682. The molecule has 0 aliphatic heterocycles. The molecule has 3 heteroatoms. The van der Waals surface area contributed by atoms with Crippen LogP contribution < -0.4 is 4.52 Å².